The molecule has 0 spiro atoms. The molecule has 2 heterocycles. The molecule has 1 aliphatic heterocycles. The Balaban J connectivity index is 1.82. The lowest BCUT2D eigenvalue weighted by atomic mass is 10.0. The number of carbonyl (C=O) groups excluding carboxylic acids is 3. The molecule has 0 radical (unpaired) electrons. The van der Waals surface area contributed by atoms with Crippen molar-refractivity contribution in [2.45, 2.75) is 85.6 Å². The minimum absolute atomic E-state index is 0.0305. The minimum Gasteiger partial charge on any atom is -0.465 e. The number of nitrogens with one attached hydrogen (secondary N) is 2. The van der Waals surface area contributed by atoms with Crippen LogP contribution in [0.1, 0.15) is 76.3 Å². The van der Waals surface area contributed by atoms with Crippen molar-refractivity contribution in [1.82, 2.24) is 24.6 Å². The van der Waals surface area contributed by atoms with Crippen molar-refractivity contribution in [3.05, 3.63) is 40.4 Å². The molecule has 46 heavy (non-hydrogen) atoms. The maximum Gasteiger partial charge on any atom is 0.410 e. The number of carbonyl (C=O) groups is 5. The maximum atomic E-state index is 13.5. The molecule has 0 atom stereocenters. The molecule has 15 heteroatoms. The monoisotopic (exact) mass is 659 g/mol. The number of amides is 5. The van der Waals surface area contributed by atoms with Gasteiger partial charge < -0.3 is 30.6 Å². The normalized spacial score (nSPS) is 13.8. The van der Waals surface area contributed by atoms with E-state index in [1.165, 1.54) is 13.8 Å². The van der Waals surface area contributed by atoms with Gasteiger partial charge in [0, 0.05) is 56.8 Å². The van der Waals surface area contributed by atoms with Gasteiger partial charge in [0.25, 0.3) is 5.91 Å². The van der Waals surface area contributed by atoms with Crippen molar-refractivity contribution in [2.75, 3.05) is 36.8 Å². The largest absolute Gasteiger partial charge is 0.465 e. The third-order valence-corrected chi connectivity index (χ3v) is 8.43. The SMILES string of the molecule is CC(=O)Nc1nc(CCc2ccc(NC(N(C(=O)O)C(C)(C)C)N(C(=O)O)C(C)(C)C)cc2)c(C(=O)N2CCN(C(C)=O)CC2)s1. The number of benzene rings is 1. The standard InChI is InChI=1S/C31H45N7O7S/c1-19(39)32-26-34-23(24(46-26)25(41)36-17-15-35(16-18-36)20(2)40)14-11-21-9-12-22(13-10-21)33-27(37(28(42)43)30(3,4)5)38(29(44)45)31(6,7)8/h9-10,12-13,27,33H,11,14-18H2,1-8H3,(H,42,43)(H,44,45)(H,32,34,39). The third-order valence-electron chi connectivity index (χ3n) is 7.43. The number of hydrogen-bond acceptors (Lipinski definition) is 8. The summed E-state index contributed by atoms with van der Waals surface area (Å²) in [5.74, 6) is -0.518. The zero-order valence-corrected chi connectivity index (χ0v) is 28.5. The van der Waals surface area contributed by atoms with Gasteiger partial charge in [0.05, 0.1) is 5.69 Å². The van der Waals surface area contributed by atoms with Crippen LogP contribution in [0.25, 0.3) is 0 Å². The van der Waals surface area contributed by atoms with Gasteiger partial charge in [-0.15, -0.1) is 0 Å². The van der Waals surface area contributed by atoms with Crippen LogP contribution >= 0.6 is 11.3 Å². The van der Waals surface area contributed by atoms with E-state index in [-0.39, 0.29) is 17.7 Å². The molecule has 4 N–H and O–H groups in total. The first-order chi connectivity index (χ1) is 21.3. The molecule has 0 bridgehead atoms. The highest BCUT2D eigenvalue weighted by Gasteiger charge is 2.43. The van der Waals surface area contributed by atoms with E-state index in [2.05, 4.69) is 15.6 Å². The summed E-state index contributed by atoms with van der Waals surface area (Å²) in [7, 11) is 0. The van der Waals surface area contributed by atoms with Crippen LogP contribution in [0, 0.1) is 0 Å². The molecule has 0 saturated carbocycles. The van der Waals surface area contributed by atoms with E-state index in [1.54, 1.807) is 63.5 Å². The predicted octanol–water partition coefficient (Wildman–Crippen LogP) is 4.44. The van der Waals surface area contributed by atoms with Crippen LogP contribution < -0.4 is 10.6 Å². The Morgan fingerprint density at radius 2 is 1.35 bits per heavy atom. The van der Waals surface area contributed by atoms with Gasteiger partial charge >= 0.3 is 12.2 Å². The summed E-state index contributed by atoms with van der Waals surface area (Å²) in [6.45, 7) is 14.8. The first kappa shape index (κ1) is 36.1. The second-order valence-corrected chi connectivity index (χ2v) is 14.1. The van der Waals surface area contributed by atoms with Gasteiger partial charge in [-0.3, -0.25) is 24.2 Å². The van der Waals surface area contributed by atoms with Gasteiger partial charge in [-0.2, -0.15) is 0 Å². The van der Waals surface area contributed by atoms with Crippen LogP contribution in [0.5, 0.6) is 0 Å². The van der Waals surface area contributed by atoms with Gasteiger partial charge in [-0.25, -0.2) is 14.6 Å². The highest BCUT2D eigenvalue weighted by molar-refractivity contribution is 7.17. The molecule has 2 aromatic rings. The molecule has 14 nitrogen and oxygen atoms in total. The summed E-state index contributed by atoms with van der Waals surface area (Å²) in [6, 6.07) is 7.18. The first-order valence-corrected chi connectivity index (χ1v) is 15.8. The van der Waals surface area contributed by atoms with E-state index < -0.39 is 29.6 Å². The summed E-state index contributed by atoms with van der Waals surface area (Å²) >= 11 is 1.12. The van der Waals surface area contributed by atoms with Gasteiger partial charge in [-0.05, 0) is 72.1 Å². The number of aryl methyl sites for hydroxylation is 2. The Morgan fingerprint density at radius 1 is 0.848 bits per heavy atom. The van der Waals surface area contributed by atoms with Gasteiger partial charge in [-0.1, -0.05) is 23.5 Å². The second kappa shape index (κ2) is 14.4. The van der Waals surface area contributed by atoms with Crippen LogP contribution in [0.15, 0.2) is 24.3 Å². The molecule has 1 saturated heterocycles. The number of carboxylic acid groups (broad SMARTS) is 2. The van der Waals surface area contributed by atoms with E-state index in [0.717, 1.165) is 26.7 Å². The van der Waals surface area contributed by atoms with E-state index >= 15 is 0 Å². The number of hydrogen-bond donors (Lipinski definition) is 4. The van der Waals surface area contributed by atoms with Crippen molar-refractivity contribution >= 4 is 52.1 Å². The number of rotatable bonds is 9. The van der Waals surface area contributed by atoms with Crippen LogP contribution in [-0.4, -0.2) is 108 Å². The van der Waals surface area contributed by atoms with E-state index in [0.29, 0.717) is 60.4 Å². The maximum absolute atomic E-state index is 13.5. The highest BCUT2D eigenvalue weighted by Crippen LogP contribution is 2.29. The highest BCUT2D eigenvalue weighted by atomic mass is 32.1. The average Bonchev–Trinajstić information content (AvgIpc) is 3.32. The number of thiazole rings is 1. The fraction of sp³-hybridized carbons (Fsp3) is 0.548. The first-order valence-electron chi connectivity index (χ1n) is 15.0. The Bertz CT molecular complexity index is 1410. The van der Waals surface area contributed by atoms with Gasteiger partial charge in [0.2, 0.25) is 11.8 Å². The molecule has 252 valence electrons. The number of piperazine rings is 1. The molecule has 0 unspecified atom stereocenters. The van der Waals surface area contributed by atoms with Gasteiger partial charge in [0.1, 0.15) is 4.88 Å². The van der Waals surface area contributed by atoms with Crippen LogP contribution in [-0.2, 0) is 22.4 Å². The summed E-state index contributed by atoms with van der Waals surface area (Å²) < 4.78 is 0. The minimum atomic E-state index is -1.27. The lowest BCUT2D eigenvalue weighted by Crippen LogP contribution is -2.66. The Labute approximate surface area is 273 Å². The Morgan fingerprint density at radius 3 is 1.78 bits per heavy atom. The molecular weight excluding hydrogens is 614 g/mol. The van der Waals surface area contributed by atoms with Crippen molar-refractivity contribution < 1.29 is 34.2 Å². The molecule has 1 aliphatic rings. The third kappa shape index (κ3) is 9.08. The van der Waals surface area contributed by atoms with Crippen molar-refractivity contribution in [2.24, 2.45) is 0 Å². The van der Waals surface area contributed by atoms with E-state index in [4.69, 9.17) is 0 Å². The quantitative estimate of drug-likeness (QED) is 0.284. The lowest BCUT2D eigenvalue weighted by Gasteiger charge is -2.48. The van der Waals surface area contributed by atoms with Crippen molar-refractivity contribution in [1.29, 1.82) is 0 Å². The van der Waals surface area contributed by atoms with Gasteiger partial charge in [0.15, 0.2) is 11.4 Å². The number of nitrogens with zero attached hydrogens (tertiary/aromatic N) is 5. The molecule has 1 fully saturated rings. The predicted molar refractivity (Wildman–Crippen MR) is 175 cm³/mol. The van der Waals surface area contributed by atoms with Crippen LogP contribution in [0.3, 0.4) is 0 Å². The smallest absolute Gasteiger partial charge is 0.410 e. The van der Waals surface area contributed by atoms with E-state index in [1.807, 2.05) is 12.1 Å². The summed E-state index contributed by atoms with van der Waals surface area (Å²) in [6.07, 6.45) is -2.85. The fourth-order valence-electron chi connectivity index (χ4n) is 5.20. The lowest BCUT2D eigenvalue weighted by molar-refractivity contribution is -0.130. The summed E-state index contributed by atoms with van der Waals surface area (Å²) in [5.41, 5.74) is 0.118. The molecule has 1 aromatic heterocycles. The molecular formula is C31H45N7O7S. The second-order valence-electron chi connectivity index (χ2n) is 13.1. The molecule has 3 rings (SSSR count). The summed E-state index contributed by atoms with van der Waals surface area (Å²) in [5, 5.41) is 26.3. The Hall–Kier alpha value is -4.40. The van der Waals surface area contributed by atoms with Crippen molar-refractivity contribution in [3.8, 4) is 0 Å². The number of anilines is 2. The van der Waals surface area contributed by atoms with Crippen LogP contribution in [0.4, 0.5) is 20.4 Å². The van der Waals surface area contributed by atoms with Crippen LogP contribution in [0.2, 0.25) is 0 Å². The fourth-order valence-corrected chi connectivity index (χ4v) is 6.23. The molecule has 0 aliphatic carbocycles. The summed E-state index contributed by atoms with van der Waals surface area (Å²) in [4.78, 5) is 72.2. The molecule has 1 aromatic carbocycles. The zero-order valence-electron chi connectivity index (χ0n) is 27.7. The van der Waals surface area contributed by atoms with Crippen molar-refractivity contribution in [3.63, 3.8) is 0 Å². The Kier molecular flexibility index (Phi) is 11.3. The van der Waals surface area contributed by atoms with E-state index in [9.17, 15) is 34.2 Å². The zero-order chi connectivity index (χ0) is 34.6. The number of aromatic nitrogens is 1. The average molecular weight is 660 g/mol. The molecule has 5 amide bonds. The topological polar surface area (TPSA) is 176 Å².